The van der Waals surface area contributed by atoms with Crippen LogP contribution < -0.4 is 0 Å². The Labute approximate surface area is 147 Å². The van der Waals surface area contributed by atoms with Crippen LogP contribution in [0.3, 0.4) is 0 Å². The average molecular weight is 351 g/mol. The Morgan fingerprint density at radius 3 is 2.79 bits per heavy atom. The smallest absolute Gasteiger partial charge is 0.124 e. The summed E-state index contributed by atoms with van der Waals surface area (Å²) in [6, 6.07) is 5.01. The van der Waals surface area contributed by atoms with Crippen molar-refractivity contribution in [3.63, 3.8) is 0 Å². The van der Waals surface area contributed by atoms with Crippen LogP contribution in [-0.4, -0.2) is 40.1 Å². The van der Waals surface area contributed by atoms with E-state index < -0.39 is 0 Å². The highest BCUT2D eigenvalue weighted by molar-refractivity contribution is 7.13. The molecule has 1 N–H and O–H groups in total. The van der Waals surface area contributed by atoms with Crippen molar-refractivity contribution < 1.29 is 9.50 Å². The molecule has 24 heavy (non-hydrogen) atoms. The van der Waals surface area contributed by atoms with Crippen LogP contribution in [0.5, 0.6) is 0 Å². The Bertz CT molecular complexity index is 664. The summed E-state index contributed by atoms with van der Waals surface area (Å²) in [7, 11) is 0. The largest absolute Gasteiger partial charge is 0.393 e. The number of halogens is 1. The lowest BCUT2D eigenvalue weighted by atomic mass is 9.90. The Morgan fingerprint density at radius 1 is 1.38 bits per heavy atom. The van der Waals surface area contributed by atoms with Crippen LogP contribution in [0.2, 0.25) is 0 Å². The fourth-order valence-corrected chi connectivity index (χ4v) is 4.67. The molecule has 1 fully saturated rings. The Kier molecular flexibility index (Phi) is 5.85. The van der Waals surface area contributed by atoms with Gasteiger partial charge < -0.3 is 10.0 Å². The summed E-state index contributed by atoms with van der Waals surface area (Å²) in [6.45, 7) is 7.29. The van der Waals surface area contributed by atoms with Crippen LogP contribution in [0.1, 0.15) is 51.1 Å². The third kappa shape index (κ3) is 3.95. The fourth-order valence-electron chi connectivity index (χ4n) is 3.79. The first kappa shape index (κ1) is 17.8. The molecule has 0 aliphatic carbocycles. The molecule has 0 amide bonds. The molecule has 1 aromatic carbocycles. The molecule has 3 rings (SSSR count). The van der Waals surface area contributed by atoms with Crippen molar-refractivity contribution in [3.8, 4) is 0 Å². The SMILES string of the molecule is CCC(CCN1CCC(c2nsc3cc(F)ccc23)CC1)C(C)O. The summed E-state index contributed by atoms with van der Waals surface area (Å²) in [4.78, 5) is 2.51. The van der Waals surface area contributed by atoms with Crippen LogP contribution in [-0.2, 0) is 0 Å². The fraction of sp³-hybridized carbons (Fsp3) is 0.632. The van der Waals surface area contributed by atoms with Gasteiger partial charge in [0.1, 0.15) is 5.82 Å². The highest BCUT2D eigenvalue weighted by Crippen LogP contribution is 2.34. The van der Waals surface area contributed by atoms with Crippen molar-refractivity contribution in [2.45, 2.75) is 51.6 Å². The number of rotatable bonds is 6. The highest BCUT2D eigenvalue weighted by Gasteiger charge is 2.25. The third-order valence-corrected chi connectivity index (χ3v) is 6.28. The van der Waals surface area contributed by atoms with Gasteiger partial charge in [-0.25, -0.2) is 4.39 Å². The van der Waals surface area contributed by atoms with Crippen LogP contribution in [0, 0.1) is 11.7 Å². The maximum absolute atomic E-state index is 13.3. The maximum atomic E-state index is 13.3. The zero-order valence-corrected chi connectivity index (χ0v) is 15.4. The van der Waals surface area contributed by atoms with E-state index in [1.807, 2.05) is 13.0 Å². The van der Waals surface area contributed by atoms with Gasteiger partial charge in [-0.3, -0.25) is 0 Å². The van der Waals surface area contributed by atoms with E-state index in [-0.39, 0.29) is 11.9 Å². The third-order valence-electron chi connectivity index (χ3n) is 5.46. The van der Waals surface area contributed by atoms with Crippen LogP contribution in [0.15, 0.2) is 18.2 Å². The molecule has 2 heterocycles. The molecule has 1 aliphatic rings. The van der Waals surface area contributed by atoms with Gasteiger partial charge in [0.25, 0.3) is 0 Å². The number of hydrogen-bond donors (Lipinski definition) is 1. The molecule has 0 radical (unpaired) electrons. The minimum absolute atomic E-state index is 0.184. The normalized spacial score (nSPS) is 19.7. The minimum Gasteiger partial charge on any atom is -0.393 e. The van der Waals surface area contributed by atoms with Crippen molar-refractivity contribution in [2.75, 3.05) is 19.6 Å². The zero-order valence-electron chi connectivity index (χ0n) is 14.5. The number of aromatic nitrogens is 1. The summed E-state index contributed by atoms with van der Waals surface area (Å²) >= 11 is 1.41. The van der Waals surface area contributed by atoms with Crippen molar-refractivity contribution in [2.24, 2.45) is 5.92 Å². The first-order valence-electron chi connectivity index (χ1n) is 9.03. The van der Waals surface area contributed by atoms with E-state index in [9.17, 15) is 9.50 Å². The molecule has 2 atom stereocenters. The van der Waals surface area contributed by atoms with E-state index in [1.165, 1.54) is 17.6 Å². The molecule has 0 spiro atoms. The van der Waals surface area contributed by atoms with Gasteiger partial charge in [0.2, 0.25) is 0 Å². The minimum atomic E-state index is -0.214. The maximum Gasteiger partial charge on any atom is 0.124 e. The van der Waals surface area contributed by atoms with E-state index >= 15 is 0 Å². The standard InChI is InChI=1S/C19H27FN2OS/c1-3-14(13(2)23)6-9-22-10-7-15(8-11-22)19-17-5-4-16(20)12-18(17)24-21-19/h4-5,12-15,23H,3,6-11H2,1-2H3. The molecule has 1 aliphatic heterocycles. The van der Waals surface area contributed by atoms with Crippen LogP contribution in [0.25, 0.3) is 10.1 Å². The van der Waals surface area contributed by atoms with Crippen LogP contribution in [0.4, 0.5) is 4.39 Å². The van der Waals surface area contributed by atoms with Gasteiger partial charge in [-0.2, -0.15) is 4.37 Å². The number of nitrogens with zero attached hydrogens (tertiary/aromatic N) is 2. The summed E-state index contributed by atoms with van der Waals surface area (Å²) in [6.07, 6.45) is 4.12. The summed E-state index contributed by atoms with van der Waals surface area (Å²) < 4.78 is 18.9. The lowest BCUT2D eigenvalue weighted by Gasteiger charge is -2.32. The lowest BCUT2D eigenvalue weighted by Crippen LogP contribution is -2.35. The summed E-state index contributed by atoms with van der Waals surface area (Å²) in [5.41, 5.74) is 1.16. The van der Waals surface area contributed by atoms with Crippen molar-refractivity contribution in [1.29, 1.82) is 0 Å². The molecule has 1 aromatic heterocycles. The number of aliphatic hydroxyl groups is 1. The monoisotopic (exact) mass is 350 g/mol. The number of aliphatic hydroxyl groups excluding tert-OH is 1. The van der Waals surface area contributed by atoms with Gasteiger partial charge in [0.05, 0.1) is 16.5 Å². The molecule has 0 bridgehead atoms. The summed E-state index contributed by atoms with van der Waals surface area (Å²) in [5, 5.41) is 10.9. The number of piperidine rings is 1. The van der Waals surface area contributed by atoms with E-state index in [0.29, 0.717) is 11.8 Å². The second-order valence-corrected chi connectivity index (χ2v) is 7.83. The Hall–Kier alpha value is -1.04. The number of fused-ring (bicyclic) bond motifs is 1. The second kappa shape index (κ2) is 7.89. The van der Waals surface area contributed by atoms with Crippen molar-refractivity contribution in [1.82, 2.24) is 9.27 Å². The first-order valence-corrected chi connectivity index (χ1v) is 9.81. The van der Waals surface area contributed by atoms with E-state index in [1.54, 1.807) is 6.07 Å². The first-order chi connectivity index (χ1) is 11.6. The number of hydrogen-bond acceptors (Lipinski definition) is 4. The lowest BCUT2D eigenvalue weighted by molar-refractivity contribution is 0.103. The second-order valence-electron chi connectivity index (χ2n) is 7.02. The Morgan fingerprint density at radius 2 is 2.12 bits per heavy atom. The van der Waals surface area contributed by atoms with Gasteiger partial charge in [-0.05, 0) is 81.5 Å². The van der Waals surface area contributed by atoms with Gasteiger partial charge in [-0.15, -0.1) is 0 Å². The zero-order chi connectivity index (χ0) is 17.1. The summed E-state index contributed by atoms with van der Waals surface area (Å²) in [5.74, 6) is 0.704. The average Bonchev–Trinajstić information content (AvgIpc) is 2.98. The van der Waals surface area contributed by atoms with Gasteiger partial charge in [0, 0.05) is 11.3 Å². The molecular weight excluding hydrogens is 323 g/mol. The van der Waals surface area contributed by atoms with Gasteiger partial charge in [0.15, 0.2) is 0 Å². The van der Waals surface area contributed by atoms with E-state index in [0.717, 1.165) is 61.1 Å². The molecule has 2 aromatic rings. The van der Waals surface area contributed by atoms with Gasteiger partial charge >= 0.3 is 0 Å². The highest BCUT2D eigenvalue weighted by atomic mass is 32.1. The topological polar surface area (TPSA) is 36.4 Å². The predicted molar refractivity (Wildman–Crippen MR) is 98.1 cm³/mol. The van der Waals surface area contributed by atoms with E-state index in [2.05, 4.69) is 16.2 Å². The predicted octanol–water partition coefficient (Wildman–Crippen LogP) is 4.41. The molecule has 1 saturated heterocycles. The molecule has 132 valence electrons. The van der Waals surface area contributed by atoms with E-state index in [4.69, 9.17) is 0 Å². The quantitative estimate of drug-likeness (QED) is 0.838. The molecule has 3 nitrogen and oxygen atoms in total. The molecule has 0 saturated carbocycles. The van der Waals surface area contributed by atoms with Crippen molar-refractivity contribution in [3.05, 3.63) is 29.7 Å². The van der Waals surface area contributed by atoms with Crippen molar-refractivity contribution >= 4 is 21.6 Å². The van der Waals surface area contributed by atoms with Crippen LogP contribution >= 0.6 is 11.5 Å². The molecule has 2 unspecified atom stereocenters. The Balaban J connectivity index is 1.56. The number of benzene rings is 1. The number of likely N-dealkylation sites (tertiary alicyclic amines) is 1. The van der Waals surface area contributed by atoms with Gasteiger partial charge in [-0.1, -0.05) is 13.3 Å². The molecule has 5 heteroatoms. The molecular formula is C19H27FN2OS.